The molecule has 0 aliphatic heterocycles. The average Bonchev–Trinajstić information content (AvgIpc) is 2.40. The first-order valence-electron chi connectivity index (χ1n) is 5.80. The molecule has 0 unspecified atom stereocenters. The lowest BCUT2D eigenvalue weighted by Crippen LogP contribution is -1.99. The van der Waals surface area contributed by atoms with E-state index >= 15 is 0 Å². The molecule has 0 aliphatic rings. The standard InChI is InChI=1S/C13H9F2NO4S2/c1-22(19,20)9-3-5-13(11(7-9)16(17)18)21-12-4-2-8(14)6-10(12)15/h2-7H,1H3. The second kappa shape index (κ2) is 6.01. The van der Waals surface area contributed by atoms with Gasteiger partial charge in [0, 0.05) is 23.3 Å². The highest BCUT2D eigenvalue weighted by atomic mass is 32.2. The summed E-state index contributed by atoms with van der Waals surface area (Å²) in [6.07, 6.45) is 0.929. The predicted octanol–water partition coefficient (Wildman–Crippen LogP) is 3.43. The number of rotatable bonds is 4. The third-order valence-electron chi connectivity index (χ3n) is 2.67. The van der Waals surface area contributed by atoms with Crippen molar-refractivity contribution in [3.63, 3.8) is 0 Å². The Hall–Kier alpha value is -2.00. The van der Waals surface area contributed by atoms with Gasteiger partial charge in [0.25, 0.3) is 5.69 Å². The first kappa shape index (κ1) is 16.4. The fraction of sp³-hybridized carbons (Fsp3) is 0.0769. The van der Waals surface area contributed by atoms with E-state index in [1.807, 2.05) is 0 Å². The Kier molecular flexibility index (Phi) is 4.47. The highest BCUT2D eigenvalue weighted by Gasteiger charge is 2.20. The van der Waals surface area contributed by atoms with Gasteiger partial charge in [-0.1, -0.05) is 11.8 Å². The fourth-order valence-corrected chi connectivity index (χ4v) is 3.18. The number of nitro groups is 1. The SMILES string of the molecule is CS(=O)(=O)c1ccc(Sc2ccc(F)cc2F)c([N+](=O)[O-])c1. The second-order valence-electron chi connectivity index (χ2n) is 4.34. The van der Waals surface area contributed by atoms with E-state index in [0.29, 0.717) is 6.07 Å². The van der Waals surface area contributed by atoms with Gasteiger partial charge in [0.05, 0.1) is 14.7 Å². The van der Waals surface area contributed by atoms with E-state index in [-0.39, 0.29) is 14.7 Å². The molecule has 2 rings (SSSR count). The summed E-state index contributed by atoms with van der Waals surface area (Å²) in [7, 11) is -3.60. The summed E-state index contributed by atoms with van der Waals surface area (Å²) >= 11 is 0.719. The molecule has 2 aromatic carbocycles. The van der Waals surface area contributed by atoms with Crippen LogP contribution in [0.3, 0.4) is 0 Å². The topological polar surface area (TPSA) is 77.3 Å². The monoisotopic (exact) mass is 345 g/mol. The molecule has 116 valence electrons. The average molecular weight is 345 g/mol. The van der Waals surface area contributed by atoms with Crippen molar-refractivity contribution < 1.29 is 22.1 Å². The number of nitrogens with zero attached hydrogens (tertiary/aromatic N) is 1. The van der Waals surface area contributed by atoms with Crippen LogP contribution in [0.15, 0.2) is 51.1 Å². The highest BCUT2D eigenvalue weighted by Crippen LogP contribution is 2.37. The molecular formula is C13H9F2NO4S2. The van der Waals surface area contributed by atoms with Gasteiger partial charge in [0.15, 0.2) is 9.84 Å². The highest BCUT2D eigenvalue weighted by molar-refractivity contribution is 7.99. The third-order valence-corrected chi connectivity index (χ3v) is 4.90. The van der Waals surface area contributed by atoms with Gasteiger partial charge in [-0.2, -0.15) is 0 Å². The minimum absolute atomic E-state index is 0.00314. The van der Waals surface area contributed by atoms with Gasteiger partial charge in [-0.3, -0.25) is 10.1 Å². The molecule has 2 aromatic rings. The molecule has 0 N–H and O–H groups in total. The molecule has 0 bridgehead atoms. The summed E-state index contributed by atoms with van der Waals surface area (Å²) in [5.41, 5.74) is -0.461. The summed E-state index contributed by atoms with van der Waals surface area (Å²) in [5, 5.41) is 11.1. The van der Waals surface area contributed by atoms with Gasteiger partial charge in [-0.05, 0) is 24.3 Å². The molecule has 0 saturated carbocycles. The summed E-state index contributed by atoms with van der Waals surface area (Å²) in [4.78, 5) is 10.2. The van der Waals surface area contributed by atoms with Crippen LogP contribution < -0.4 is 0 Å². The molecule has 0 spiro atoms. The minimum Gasteiger partial charge on any atom is -0.258 e. The van der Waals surface area contributed by atoms with Crippen molar-refractivity contribution in [3.8, 4) is 0 Å². The maximum Gasteiger partial charge on any atom is 0.284 e. The summed E-state index contributed by atoms with van der Waals surface area (Å²) < 4.78 is 49.3. The lowest BCUT2D eigenvalue weighted by atomic mass is 10.3. The number of benzene rings is 2. The van der Waals surface area contributed by atoms with Crippen LogP contribution in [0.25, 0.3) is 0 Å². The van der Waals surface area contributed by atoms with Crippen LogP contribution in [0, 0.1) is 21.7 Å². The lowest BCUT2D eigenvalue weighted by molar-refractivity contribution is -0.388. The van der Waals surface area contributed by atoms with Crippen molar-refractivity contribution in [2.75, 3.05) is 6.26 Å². The van der Waals surface area contributed by atoms with Crippen LogP contribution in [0.1, 0.15) is 0 Å². The summed E-state index contributed by atoms with van der Waals surface area (Å²) in [5.74, 6) is -1.62. The number of hydrogen-bond donors (Lipinski definition) is 0. The number of halogens is 2. The number of sulfone groups is 1. The molecule has 0 fully saturated rings. The molecule has 0 aliphatic carbocycles. The van der Waals surface area contributed by atoms with Crippen LogP contribution in [0.4, 0.5) is 14.5 Å². The Morgan fingerprint density at radius 2 is 1.73 bits per heavy atom. The van der Waals surface area contributed by atoms with Gasteiger partial charge in [0.2, 0.25) is 0 Å². The molecule has 0 radical (unpaired) electrons. The van der Waals surface area contributed by atoms with E-state index in [9.17, 15) is 27.3 Å². The van der Waals surface area contributed by atoms with E-state index in [2.05, 4.69) is 0 Å². The Bertz CT molecular complexity index is 853. The summed E-state index contributed by atoms with van der Waals surface area (Å²) in [6.45, 7) is 0. The molecule has 22 heavy (non-hydrogen) atoms. The quantitative estimate of drug-likeness (QED) is 0.627. The van der Waals surface area contributed by atoms with E-state index < -0.39 is 32.1 Å². The van der Waals surface area contributed by atoms with Gasteiger partial charge in [0.1, 0.15) is 11.6 Å². The smallest absolute Gasteiger partial charge is 0.258 e. The van der Waals surface area contributed by atoms with Gasteiger partial charge >= 0.3 is 0 Å². The number of hydrogen-bond acceptors (Lipinski definition) is 5. The van der Waals surface area contributed by atoms with Crippen molar-refractivity contribution >= 4 is 27.3 Å². The first-order valence-corrected chi connectivity index (χ1v) is 8.50. The first-order chi connectivity index (χ1) is 10.2. The van der Waals surface area contributed by atoms with Crippen molar-refractivity contribution in [1.29, 1.82) is 0 Å². The van der Waals surface area contributed by atoms with Crippen molar-refractivity contribution in [3.05, 3.63) is 58.1 Å². The minimum atomic E-state index is -3.60. The van der Waals surface area contributed by atoms with Crippen LogP contribution in [-0.2, 0) is 9.84 Å². The zero-order valence-electron chi connectivity index (χ0n) is 11.1. The fourth-order valence-electron chi connectivity index (χ4n) is 1.63. The Balaban J connectivity index is 2.49. The van der Waals surface area contributed by atoms with E-state index in [1.165, 1.54) is 12.1 Å². The Morgan fingerprint density at radius 1 is 1.09 bits per heavy atom. The van der Waals surface area contributed by atoms with Gasteiger partial charge in [-0.15, -0.1) is 0 Å². The van der Waals surface area contributed by atoms with Gasteiger partial charge in [-0.25, -0.2) is 17.2 Å². The maximum atomic E-state index is 13.6. The maximum absolute atomic E-state index is 13.6. The Morgan fingerprint density at radius 3 is 2.27 bits per heavy atom. The molecule has 0 heterocycles. The van der Waals surface area contributed by atoms with Crippen LogP contribution in [-0.4, -0.2) is 19.6 Å². The largest absolute Gasteiger partial charge is 0.284 e. The van der Waals surface area contributed by atoms with E-state index in [0.717, 1.165) is 36.2 Å². The molecule has 9 heteroatoms. The molecule has 0 saturated heterocycles. The molecular weight excluding hydrogens is 336 g/mol. The zero-order chi connectivity index (χ0) is 16.5. The van der Waals surface area contributed by atoms with Crippen molar-refractivity contribution in [1.82, 2.24) is 0 Å². The van der Waals surface area contributed by atoms with Crippen molar-refractivity contribution in [2.24, 2.45) is 0 Å². The van der Waals surface area contributed by atoms with Crippen LogP contribution >= 0.6 is 11.8 Å². The second-order valence-corrected chi connectivity index (χ2v) is 7.44. The summed E-state index contributed by atoms with van der Waals surface area (Å²) in [6, 6.07) is 6.19. The van der Waals surface area contributed by atoms with Crippen molar-refractivity contribution in [2.45, 2.75) is 14.7 Å². The van der Waals surface area contributed by atoms with Gasteiger partial charge < -0.3 is 0 Å². The molecule has 0 amide bonds. The molecule has 0 atom stereocenters. The lowest BCUT2D eigenvalue weighted by Gasteiger charge is -2.06. The molecule has 0 aromatic heterocycles. The normalized spacial score (nSPS) is 11.4. The third kappa shape index (κ3) is 3.60. The molecule has 5 nitrogen and oxygen atoms in total. The predicted molar refractivity (Wildman–Crippen MR) is 76.7 cm³/mol. The van der Waals surface area contributed by atoms with E-state index in [1.54, 1.807) is 0 Å². The van der Waals surface area contributed by atoms with Crippen LogP contribution in [0.2, 0.25) is 0 Å². The van der Waals surface area contributed by atoms with Crippen LogP contribution in [0.5, 0.6) is 0 Å². The van der Waals surface area contributed by atoms with E-state index in [4.69, 9.17) is 0 Å². The zero-order valence-corrected chi connectivity index (χ0v) is 12.7. The Labute approximate surface area is 129 Å². The number of nitro benzene ring substituents is 1.